The number of hydrogen-bond donors (Lipinski definition) is 2. The maximum atomic E-state index is 12.2. The van der Waals surface area contributed by atoms with E-state index in [1.165, 1.54) is 6.42 Å². The van der Waals surface area contributed by atoms with Crippen molar-refractivity contribution < 1.29 is 9.53 Å². The van der Waals surface area contributed by atoms with Crippen LogP contribution in [0.1, 0.15) is 46.5 Å². The van der Waals surface area contributed by atoms with Gasteiger partial charge in [-0.05, 0) is 32.7 Å². The Morgan fingerprint density at radius 3 is 2.56 bits per heavy atom. The van der Waals surface area contributed by atoms with Crippen LogP contribution in [0.4, 0.5) is 0 Å². The van der Waals surface area contributed by atoms with Crippen LogP contribution in [0.2, 0.25) is 0 Å². The predicted octanol–water partition coefficient (Wildman–Crippen LogP) is 1.45. The Morgan fingerprint density at radius 2 is 2.06 bits per heavy atom. The molecule has 1 aliphatic carbocycles. The van der Waals surface area contributed by atoms with Crippen LogP contribution in [0.25, 0.3) is 0 Å². The van der Waals surface area contributed by atoms with Gasteiger partial charge in [0.1, 0.15) is 0 Å². The van der Waals surface area contributed by atoms with E-state index < -0.39 is 0 Å². The average molecular weight is 254 g/mol. The van der Waals surface area contributed by atoms with Gasteiger partial charge in [-0.1, -0.05) is 20.3 Å². The Kier molecular flexibility index (Phi) is 3.70. The van der Waals surface area contributed by atoms with E-state index >= 15 is 0 Å². The monoisotopic (exact) mass is 254 g/mol. The fourth-order valence-electron chi connectivity index (χ4n) is 3.07. The molecule has 1 saturated heterocycles. The lowest BCUT2D eigenvalue weighted by molar-refractivity contribution is -0.183. The topological polar surface area (TPSA) is 50.4 Å². The van der Waals surface area contributed by atoms with E-state index in [2.05, 4.69) is 31.4 Å². The van der Waals surface area contributed by atoms with E-state index in [9.17, 15) is 4.79 Å². The minimum absolute atomic E-state index is 0.00366. The van der Waals surface area contributed by atoms with Crippen LogP contribution in [0.3, 0.4) is 0 Å². The Hall–Kier alpha value is -0.610. The molecular weight excluding hydrogens is 228 g/mol. The molecule has 2 rings (SSSR count). The lowest BCUT2D eigenvalue weighted by Crippen LogP contribution is -2.69. The van der Waals surface area contributed by atoms with Crippen LogP contribution in [-0.4, -0.2) is 37.2 Å². The summed E-state index contributed by atoms with van der Waals surface area (Å²) < 4.78 is 5.58. The molecule has 3 atom stereocenters. The van der Waals surface area contributed by atoms with Crippen LogP contribution >= 0.6 is 0 Å². The molecule has 0 spiro atoms. The smallest absolute Gasteiger partial charge is 0.237 e. The van der Waals surface area contributed by atoms with Gasteiger partial charge in [0.15, 0.2) is 0 Å². The van der Waals surface area contributed by atoms with Crippen molar-refractivity contribution in [3.8, 4) is 0 Å². The first-order valence-corrected chi connectivity index (χ1v) is 6.99. The SMILES string of the molecule is COC1(C)CC(NC(=O)C2CCCCN2)C1(C)C. The molecule has 18 heavy (non-hydrogen) atoms. The minimum atomic E-state index is -0.120. The van der Waals surface area contributed by atoms with Crippen LogP contribution in [0.15, 0.2) is 0 Å². The van der Waals surface area contributed by atoms with Gasteiger partial charge in [0.2, 0.25) is 5.91 Å². The van der Waals surface area contributed by atoms with Crippen LogP contribution in [0, 0.1) is 5.41 Å². The molecule has 1 amide bonds. The number of carbonyl (C=O) groups excluding carboxylic acids is 1. The normalized spacial score (nSPS) is 38.9. The van der Waals surface area contributed by atoms with Gasteiger partial charge in [0, 0.05) is 18.6 Å². The fourth-order valence-corrected chi connectivity index (χ4v) is 3.07. The molecule has 1 heterocycles. The molecular formula is C14H26N2O2. The van der Waals surface area contributed by atoms with E-state index in [4.69, 9.17) is 4.74 Å². The van der Waals surface area contributed by atoms with Crippen molar-refractivity contribution in [2.45, 2.75) is 64.1 Å². The van der Waals surface area contributed by atoms with Gasteiger partial charge >= 0.3 is 0 Å². The summed E-state index contributed by atoms with van der Waals surface area (Å²) in [5, 5.41) is 6.48. The summed E-state index contributed by atoms with van der Waals surface area (Å²) in [6.45, 7) is 7.41. The van der Waals surface area contributed by atoms with Crippen LogP contribution in [-0.2, 0) is 9.53 Å². The van der Waals surface area contributed by atoms with Crippen molar-refractivity contribution >= 4 is 5.91 Å². The summed E-state index contributed by atoms with van der Waals surface area (Å²) in [6.07, 6.45) is 4.19. The van der Waals surface area contributed by atoms with Gasteiger partial charge in [-0.2, -0.15) is 0 Å². The second kappa shape index (κ2) is 4.82. The second-order valence-corrected chi connectivity index (χ2v) is 6.42. The number of hydrogen-bond acceptors (Lipinski definition) is 3. The Labute approximate surface area is 110 Å². The summed E-state index contributed by atoms with van der Waals surface area (Å²) in [6, 6.07) is 0.225. The molecule has 3 unspecified atom stereocenters. The third kappa shape index (κ3) is 2.16. The standard InChI is InChI=1S/C14H26N2O2/c1-13(2)11(9-14(13,3)18-4)16-12(17)10-7-5-6-8-15-10/h10-11,15H,5-9H2,1-4H3,(H,16,17). The molecule has 0 aromatic rings. The van der Waals surface area contributed by atoms with Crippen molar-refractivity contribution in [2.24, 2.45) is 5.41 Å². The zero-order chi connectivity index (χ0) is 13.4. The largest absolute Gasteiger partial charge is 0.378 e. The molecule has 104 valence electrons. The zero-order valence-corrected chi connectivity index (χ0v) is 12.0. The van der Waals surface area contributed by atoms with Crippen molar-refractivity contribution in [3.05, 3.63) is 0 Å². The molecule has 0 bridgehead atoms. The third-order valence-corrected chi connectivity index (χ3v) is 5.22. The average Bonchev–Trinajstić information content (AvgIpc) is 2.38. The number of rotatable bonds is 3. The lowest BCUT2D eigenvalue weighted by atomic mass is 9.55. The van der Waals surface area contributed by atoms with E-state index in [1.807, 2.05) is 0 Å². The van der Waals surface area contributed by atoms with Gasteiger partial charge in [-0.25, -0.2) is 0 Å². The molecule has 2 fully saturated rings. The summed E-state index contributed by atoms with van der Waals surface area (Å²) in [4.78, 5) is 12.2. The maximum absolute atomic E-state index is 12.2. The summed E-state index contributed by atoms with van der Waals surface area (Å²) in [5.74, 6) is 0.158. The molecule has 4 heteroatoms. The number of carbonyl (C=O) groups is 1. The van der Waals surface area contributed by atoms with Gasteiger partial charge < -0.3 is 15.4 Å². The number of ether oxygens (including phenoxy) is 1. The van der Waals surface area contributed by atoms with Crippen molar-refractivity contribution in [2.75, 3.05) is 13.7 Å². The first-order valence-electron chi connectivity index (χ1n) is 6.99. The van der Waals surface area contributed by atoms with E-state index in [0.717, 1.165) is 25.8 Å². The van der Waals surface area contributed by atoms with Crippen molar-refractivity contribution in [1.29, 1.82) is 0 Å². The second-order valence-electron chi connectivity index (χ2n) is 6.42. The van der Waals surface area contributed by atoms with Crippen molar-refractivity contribution in [3.63, 3.8) is 0 Å². The lowest BCUT2D eigenvalue weighted by Gasteiger charge is -2.59. The molecule has 2 N–H and O–H groups in total. The number of piperidine rings is 1. The number of nitrogens with one attached hydrogen (secondary N) is 2. The first kappa shape index (κ1) is 13.8. The van der Waals surface area contributed by atoms with E-state index in [0.29, 0.717) is 0 Å². The molecule has 0 aromatic carbocycles. The highest BCUT2D eigenvalue weighted by Gasteiger charge is 2.58. The Bertz CT molecular complexity index is 324. The van der Waals surface area contributed by atoms with Crippen molar-refractivity contribution in [1.82, 2.24) is 10.6 Å². The quantitative estimate of drug-likeness (QED) is 0.801. The minimum Gasteiger partial charge on any atom is -0.378 e. The van der Waals surface area contributed by atoms with Gasteiger partial charge in [-0.3, -0.25) is 4.79 Å². The summed E-state index contributed by atoms with van der Waals surface area (Å²) in [7, 11) is 1.75. The highest BCUT2D eigenvalue weighted by Crippen LogP contribution is 2.51. The van der Waals surface area contributed by atoms with Gasteiger partial charge in [-0.15, -0.1) is 0 Å². The molecule has 1 aliphatic heterocycles. The Morgan fingerprint density at radius 1 is 1.33 bits per heavy atom. The fraction of sp³-hybridized carbons (Fsp3) is 0.929. The summed E-state index contributed by atoms with van der Waals surface area (Å²) in [5.41, 5.74) is -0.128. The van der Waals surface area contributed by atoms with E-state index in [-0.39, 0.29) is 29.0 Å². The molecule has 4 nitrogen and oxygen atoms in total. The zero-order valence-electron chi connectivity index (χ0n) is 12.0. The van der Waals surface area contributed by atoms with Crippen LogP contribution < -0.4 is 10.6 Å². The van der Waals surface area contributed by atoms with Gasteiger partial charge in [0.05, 0.1) is 11.6 Å². The molecule has 2 aliphatic rings. The maximum Gasteiger partial charge on any atom is 0.237 e. The van der Waals surface area contributed by atoms with Crippen LogP contribution in [0.5, 0.6) is 0 Å². The molecule has 0 radical (unpaired) electrons. The number of amides is 1. The highest BCUT2D eigenvalue weighted by atomic mass is 16.5. The molecule has 1 saturated carbocycles. The Balaban J connectivity index is 1.89. The number of methoxy groups -OCH3 is 1. The summed E-state index contributed by atoms with van der Waals surface area (Å²) >= 11 is 0. The van der Waals surface area contributed by atoms with Gasteiger partial charge in [0.25, 0.3) is 0 Å². The highest BCUT2D eigenvalue weighted by molar-refractivity contribution is 5.82. The predicted molar refractivity (Wildman–Crippen MR) is 71.4 cm³/mol. The van der Waals surface area contributed by atoms with E-state index in [1.54, 1.807) is 7.11 Å². The third-order valence-electron chi connectivity index (χ3n) is 5.22. The first-order chi connectivity index (χ1) is 8.40. The molecule has 0 aromatic heterocycles.